The molecule has 2 rings (SSSR count). The Bertz CT molecular complexity index is 399. The minimum absolute atomic E-state index is 0.133. The van der Waals surface area contributed by atoms with E-state index in [2.05, 4.69) is 12.2 Å². The third-order valence-corrected chi connectivity index (χ3v) is 4.59. The number of nitrogens with zero attached hydrogens (tertiary/aromatic N) is 1. The van der Waals surface area contributed by atoms with Gasteiger partial charge in [0.05, 0.1) is 9.21 Å². The smallest absolute Gasteiger partial charge is 0.263 e. The maximum atomic E-state index is 12.2. The first-order chi connectivity index (χ1) is 8.70. The molecular weight excluding hydrogens is 268 g/mol. The molecule has 0 aromatic carbocycles. The second-order valence-electron chi connectivity index (χ2n) is 4.65. The van der Waals surface area contributed by atoms with E-state index in [1.807, 2.05) is 11.0 Å². The van der Waals surface area contributed by atoms with Crippen LogP contribution in [0.1, 0.15) is 29.4 Å². The van der Waals surface area contributed by atoms with Gasteiger partial charge in [-0.3, -0.25) is 4.79 Å². The molecule has 0 unspecified atom stereocenters. The zero-order valence-corrected chi connectivity index (χ0v) is 12.2. The highest BCUT2D eigenvalue weighted by molar-refractivity contribution is 7.17. The van der Waals surface area contributed by atoms with Crippen molar-refractivity contribution in [2.45, 2.75) is 19.8 Å². The predicted octanol–water partition coefficient (Wildman–Crippen LogP) is 2.86. The Morgan fingerprint density at radius 1 is 1.50 bits per heavy atom. The molecule has 3 nitrogen and oxygen atoms in total. The monoisotopic (exact) mass is 286 g/mol. The van der Waals surface area contributed by atoms with Crippen LogP contribution in [0.3, 0.4) is 0 Å². The molecule has 0 saturated carbocycles. The number of piperidine rings is 1. The Hall–Kier alpha value is -0.580. The lowest BCUT2D eigenvalue weighted by Gasteiger charge is -2.31. The number of thiophene rings is 1. The number of hydrogen-bond acceptors (Lipinski definition) is 3. The summed E-state index contributed by atoms with van der Waals surface area (Å²) in [7, 11) is 0. The van der Waals surface area contributed by atoms with Gasteiger partial charge < -0.3 is 10.2 Å². The lowest BCUT2D eigenvalue weighted by molar-refractivity contribution is 0.0695. The lowest BCUT2D eigenvalue weighted by atomic mass is 9.96. The zero-order valence-electron chi connectivity index (χ0n) is 10.6. The molecular formula is C13H19ClN2OS. The molecule has 100 valence electrons. The average Bonchev–Trinajstić information content (AvgIpc) is 2.83. The van der Waals surface area contributed by atoms with Gasteiger partial charge in [-0.05, 0) is 44.0 Å². The Kier molecular flexibility index (Phi) is 5.03. The van der Waals surface area contributed by atoms with E-state index in [0.717, 1.165) is 43.9 Å². The van der Waals surface area contributed by atoms with Crippen LogP contribution in [0.25, 0.3) is 0 Å². The molecule has 1 aromatic rings. The highest BCUT2D eigenvalue weighted by Gasteiger charge is 2.24. The molecule has 5 heteroatoms. The van der Waals surface area contributed by atoms with Crippen LogP contribution in [0.15, 0.2) is 12.1 Å². The van der Waals surface area contributed by atoms with Crippen molar-refractivity contribution in [1.29, 1.82) is 0 Å². The number of carbonyl (C=O) groups is 1. The summed E-state index contributed by atoms with van der Waals surface area (Å²) in [6.45, 7) is 5.95. The van der Waals surface area contributed by atoms with Crippen molar-refractivity contribution < 1.29 is 4.79 Å². The Labute approximate surface area is 117 Å². The van der Waals surface area contributed by atoms with E-state index < -0.39 is 0 Å². The van der Waals surface area contributed by atoms with Crippen LogP contribution in [0, 0.1) is 5.92 Å². The normalized spacial score (nSPS) is 17.1. The van der Waals surface area contributed by atoms with E-state index in [1.54, 1.807) is 6.07 Å². The lowest BCUT2D eigenvalue weighted by Crippen LogP contribution is -2.40. The molecule has 0 aliphatic carbocycles. The van der Waals surface area contributed by atoms with Crippen molar-refractivity contribution in [3.63, 3.8) is 0 Å². The Balaban J connectivity index is 1.84. The molecule has 0 atom stereocenters. The Morgan fingerprint density at radius 2 is 2.22 bits per heavy atom. The van der Waals surface area contributed by atoms with Crippen LogP contribution in [0.5, 0.6) is 0 Å². The van der Waals surface area contributed by atoms with Crippen molar-refractivity contribution in [3.05, 3.63) is 21.3 Å². The van der Waals surface area contributed by atoms with Crippen LogP contribution < -0.4 is 5.32 Å². The molecule has 0 bridgehead atoms. The number of hydrogen-bond donors (Lipinski definition) is 1. The first kappa shape index (κ1) is 13.8. The van der Waals surface area contributed by atoms with Gasteiger partial charge in [0.2, 0.25) is 0 Å². The van der Waals surface area contributed by atoms with Gasteiger partial charge in [0.1, 0.15) is 0 Å². The fourth-order valence-electron chi connectivity index (χ4n) is 2.27. The molecule has 1 N–H and O–H groups in total. The van der Waals surface area contributed by atoms with Gasteiger partial charge in [-0.2, -0.15) is 0 Å². The van der Waals surface area contributed by atoms with Gasteiger partial charge in [0.25, 0.3) is 5.91 Å². The fourth-order valence-corrected chi connectivity index (χ4v) is 3.28. The summed E-state index contributed by atoms with van der Waals surface area (Å²) in [6, 6.07) is 3.61. The minimum atomic E-state index is 0.133. The summed E-state index contributed by atoms with van der Waals surface area (Å²) < 4.78 is 0.681. The number of likely N-dealkylation sites (tertiary alicyclic amines) is 1. The maximum absolute atomic E-state index is 12.2. The van der Waals surface area contributed by atoms with Gasteiger partial charge in [0.15, 0.2) is 0 Å². The maximum Gasteiger partial charge on any atom is 0.263 e. The molecule has 18 heavy (non-hydrogen) atoms. The molecule has 1 aliphatic rings. The summed E-state index contributed by atoms with van der Waals surface area (Å²) in [6.07, 6.45) is 2.19. The molecule has 0 spiro atoms. The van der Waals surface area contributed by atoms with Gasteiger partial charge in [-0.25, -0.2) is 0 Å². The molecule has 1 saturated heterocycles. The summed E-state index contributed by atoms with van der Waals surface area (Å²) in [5, 5.41) is 3.38. The highest BCUT2D eigenvalue weighted by Crippen LogP contribution is 2.25. The van der Waals surface area contributed by atoms with Crippen molar-refractivity contribution in [1.82, 2.24) is 10.2 Å². The first-order valence-corrected chi connectivity index (χ1v) is 7.65. The van der Waals surface area contributed by atoms with Crippen molar-refractivity contribution in [2.24, 2.45) is 5.92 Å². The minimum Gasteiger partial charge on any atom is -0.338 e. The van der Waals surface area contributed by atoms with Gasteiger partial charge in [-0.1, -0.05) is 18.5 Å². The van der Waals surface area contributed by atoms with Crippen LogP contribution in [0.2, 0.25) is 4.34 Å². The zero-order chi connectivity index (χ0) is 13.0. The van der Waals surface area contributed by atoms with E-state index in [0.29, 0.717) is 10.3 Å². The molecule has 0 radical (unpaired) electrons. The molecule has 1 aromatic heterocycles. The van der Waals surface area contributed by atoms with E-state index >= 15 is 0 Å². The predicted molar refractivity (Wildman–Crippen MR) is 76.5 cm³/mol. The van der Waals surface area contributed by atoms with Gasteiger partial charge in [0, 0.05) is 13.1 Å². The molecule has 1 amide bonds. The third kappa shape index (κ3) is 3.46. The summed E-state index contributed by atoms with van der Waals surface area (Å²) in [5.41, 5.74) is 0. The summed E-state index contributed by atoms with van der Waals surface area (Å²) in [4.78, 5) is 14.9. The van der Waals surface area contributed by atoms with Crippen LogP contribution in [-0.2, 0) is 0 Å². The molecule has 1 fully saturated rings. The van der Waals surface area contributed by atoms with Crippen molar-refractivity contribution in [3.8, 4) is 0 Å². The number of carbonyl (C=O) groups excluding carboxylic acids is 1. The van der Waals surface area contributed by atoms with Crippen LogP contribution in [-0.4, -0.2) is 37.0 Å². The second-order valence-corrected chi connectivity index (χ2v) is 6.36. The topological polar surface area (TPSA) is 32.3 Å². The summed E-state index contributed by atoms with van der Waals surface area (Å²) >= 11 is 7.23. The number of halogens is 1. The molecule has 2 heterocycles. The van der Waals surface area contributed by atoms with E-state index in [1.165, 1.54) is 11.3 Å². The van der Waals surface area contributed by atoms with Crippen molar-refractivity contribution in [2.75, 3.05) is 26.2 Å². The van der Waals surface area contributed by atoms with Crippen LogP contribution in [0.4, 0.5) is 0 Å². The first-order valence-electron chi connectivity index (χ1n) is 6.46. The highest BCUT2D eigenvalue weighted by atomic mass is 35.5. The largest absolute Gasteiger partial charge is 0.338 e. The second kappa shape index (κ2) is 6.55. The van der Waals surface area contributed by atoms with Gasteiger partial charge in [-0.15, -0.1) is 11.3 Å². The number of nitrogens with one attached hydrogen (secondary N) is 1. The molecule has 1 aliphatic heterocycles. The average molecular weight is 287 g/mol. The van der Waals surface area contributed by atoms with Crippen molar-refractivity contribution >= 4 is 28.8 Å². The fraction of sp³-hybridized carbons (Fsp3) is 0.615. The van der Waals surface area contributed by atoms with Gasteiger partial charge >= 0.3 is 0 Å². The summed E-state index contributed by atoms with van der Waals surface area (Å²) in [5.74, 6) is 0.842. The quantitative estimate of drug-likeness (QED) is 0.923. The Morgan fingerprint density at radius 3 is 2.78 bits per heavy atom. The van der Waals surface area contributed by atoms with E-state index in [4.69, 9.17) is 11.6 Å². The standard InChI is InChI=1S/C13H19ClN2OS/c1-2-15-9-10-5-7-16(8-6-10)13(17)11-3-4-12(14)18-11/h3-4,10,15H,2,5-9H2,1H3. The number of amides is 1. The SMILES string of the molecule is CCNCC1CCN(C(=O)c2ccc(Cl)s2)CC1. The number of rotatable bonds is 4. The van der Waals surface area contributed by atoms with E-state index in [9.17, 15) is 4.79 Å². The third-order valence-electron chi connectivity index (χ3n) is 3.37. The van der Waals surface area contributed by atoms with E-state index in [-0.39, 0.29) is 5.91 Å². The van der Waals surface area contributed by atoms with Crippen LogP contribution >= 0.6 is 22.9 Å².